The van der Waals surface area contributed by atoms with Gasteiger partial charge in [-0.2, -0.15) is 0 Å². The Morgan fingerprint density at radius 1 is 1.46 bits per heavy atom. The molecule has 3 heteroatoms. The Balaban J connectivity index is 2.85. The molecule has 0 aromatic heterocycles. The molecule has 1 rings (SSSR count). The zero-order valence-corrected chi connectivity index (χ0v) is 8.73. The third kappa shape index (κ3) is 2.90. The minimum absolute atomic E-state index is 0.390. The standard InChI is InChI=1S/C10H15ClN2/c1-7(2)13-10-4-3-8(6-12)5-9(10)11/h3-5,7,13H,6,12H2,1-2H3. The van der Waals surface area contributed by atoms with Crippen LogP contribution in [0.15, 0.2) is 18.2 Å². The number of rotatable bonds is 3. The smallest absolute Gasteiger partial charge is 0.0640 e. The highest BCUT2D eigenvalue weighted by Gasteiger charge is 2.01. The van der Waals surface area contributed by atoms with Crippen LogP contribution < -0.4 is 11.1 Å². The second-order valence-corrected chi connectivity index (χ2v) is 3.72. The molecular weight excluding hydrogens is 184 g/mol. The zero-order valence-electron chi connectivity index (χ0n) is 7.97. The van der Waals surface area contributed by atoms with Gasteiger partial charge in [0, 0.05) is 12.6 Å². The summed E-state index contributed by atoms with van der Waals surface area (Å²) in [7, 11) is 0. The van der Waals surface area contributed by atoms with Gasteiger partial charge in [0.15, 0.2) is 0 Å². The van der Waals surface area contributed by atoms with Gasteiger partial charge in [-0.25, -0.2) is 0 Å². The van der Waals surface area contributed by atoms with Crippen LogP contribution in [0.4, 0.5) is 5.69 Å². The van der Waals surface area contributed by atoms with Crippen molar-refractivity contribution >= 4 is 17.3 Å². The number of hydrogen-bond donors (Lipinski definition) is 2. The van der Waals surface area contributed by atoms with Gasteiger partial charge in [0.1, 0.15) is 0 Å². The van der Waals surface area contributed by atoms with Crippen molar-refractivity contribution in [2.45, 2.75) is 26.4 Å². The highest BCUT2D eigenvalue weighted by Crippen LogP contribution is 2.23. The molecule has 1 aromatic rings. The molecule has 3 N–H and O–H groups in total. The van der Waals surface area contributed by atoms with Crippen LogP contribution in [-0.4, -0.2) is 6.04 Å². The number of hydrogen-bond acceptors (Lipinski definition) is 2. The zero-order chi connectivity index (χ0) is 9.84. The fraction of sp³-hybridized carbons (Fsp3) is 0.400. The molecule has 0 aliphatic rings. The number of benzene rings is 1. The van der Waals surface area contributed by atoms with Crippen LogP contribution >= 0.6 is 11.6 Å². The Morgan fingerprint density at radius 2 is 2.15 bits per heavy atom. The Kier molecular flexibility index (Phi) is 3.58. The molecule has 0 amide bonds. The van der Waals surface area contributed by atoms with E-state index in [1.165, 1.54) is 0 Å². The van der Waals surface area contributed by atoms with Crippen molar-refractivity contribution in [2.75, 3.05) is 5.32 Å². The average Bonchev–Trinajstić information content (AvgIpc) is 2.08. The molecule has 0 atom stereocenters. The number of anilines is 1. The summed E-state index contributed by atoms with van der Waals surface area (Å²) in [6.45, 7) is 4.68. The normalized spacial score (nSPS) is 10.5. The van der Waals surface area contributed by atoms with E-state index in [9.17, 15) is 0 Å². The fourth-order valence-corrected chi connectivity index (χ4v) is 1.37. The predicted octanol–water partition coefficient (Wildman–Crippen LogP) is 2.62. The van der Waals surface area contributed by atoms with Crippen molar-refractivity contribution in [3.05, 3.63) is 28.8 Å². The minimum Gasteiger partial charge on any atom is -0.382 e. The molecule has 0 bridgehead atoms. The summed E-state index contributed by atoms with van der Waals surface area (Å²) < 4.78 is 0. The fourth-order valence-electron chi connectivity index (χ4n) is 1.11. The summed E-state index contributed by atoms with van der Waals surface area (Å²) in [6.07, 6.45) is 0. The quantitative estimate of drug-likeness (QED) is 0.784. The van der Waals surface area contributed by atoms with Crippen molar-refractivity contribution in [3.8, 4) is 0 Å². The van der Waals surface area contributed by atoms with E-state index in [2.05, 4.69) is 19.2 Å². The number of nitrogens with one attached hydrogen (secondary N) is 1. The monoisotopic (exact) mass is 198 g/mol. The van der Waals surface area contributed by atoms with Gasteiger partial charge in [0.2, 0.25) is 0 Å². The van der Waals surface area contributed by atoms with Gasteiger partial charge in [-0.05, 0) is 31.5 Å². The topological polar surface area (TPSA) is 38.0 Å². The molecule has 0 saturated carbocycles. The van der Waals surface area contributed by atoms with Crippen LogP contribution in [0, 0.1) is 0 Å². The maximum atomic E-state index is 6.03. The highest BCUT2D eigenvalue weighted by molar-refractivity contribution is 6.33. The third-order valence-electron chi connectivity index (χ3n) is 1.71. The molecule has 2 nitrogen and oxygen atoms in total. The summed E-state index contributed by atoms with van der Waals surface area (Å²) >= 11 is 6.03. The van der Waals surface area contributed by atoms with Gasteiger partial charge < -0.3 is 11.1 Å². The number of halogens is 1. The molecule has 13 heavy (non-hydrogen) atoms. The van der Waals surface area contributed by atoms with E-state index in [0.29, 0.717) is 12.6 Å². The van der Waals surface area contributed by atoms with E-state index in [1.54, 1.807) is 0 Å². The first-order valence-electron chi connectivity index (χ1n) is 4.38. The molecular formula is C10H15ClN2. The average molecular weight is 199 g/mol. The summed E-state index contributed by atoms with van der Waals surface area (Å²) in [4.78, 5) is 0. The lowest BCUT2D eigenvalue weighted by Gasteiger charge is -2.12. The van der Waals surface area contributed by atoms with Gasteiger partial charge in [-0.1, -0.05) is 17.7 Å². The Labute approximate surface area is 84.1 Å². The van der Waals surface area contributed by atoms with Gasteiger partial charge >= 0.3 is 0 Å². The maximum absolute atomic E-state index is 6.03. The van der Waals surface area contributed by atoms with E-state index in [4.69, 9.17) is 17.3 Å². The van der Waals surface area contributed by atoms with Crippen molar-refractivity contribution in [2.24, 2.45) is 5.73 Å². The molecule has 1 aromatic carbocycles. The lowest BCUT2D eigenvalue weighted by atomic mass is 10.2. The van der Waals surface area contributed by atoms with Crippen LogP contribution in [0.5, 0.6) is 0 Å². The van der Waals surface area contributed by atoms with Crippen molar-refractivity contribution in [1.82, 2.24) is 0 Å². The van der Waals surface area contributed by atoms with E-state index < -0.39 is 0 Å². The molecule has 0 aliphatic heterocycles. The molecule has 0 spiro atoms. The molecule has 0 heterocycles. The first kappa shape index (κ1) is 10.4. The van der Waals surface area contributed by atoms with E-state index >= 15 is 0 Å². The molecule has 72 valence electrons. The van der Waals surface area contributed by atoms with E-state index in [0.717, 1.165) is 16.3 Å². The Hall–Kier alpha value is -0.730. The Morgan fingerprint density at radius 3 is 2.62 bits per heavy atom. The van der Waals surface area contributed by atoms with Gasteiger partial charge in [0.05, 0.1) is 10.7 Å². The molecule has 0 unspecified atom stereocenters. The molecule has 0 saturated heterocycles. The van der Waals surface area contributed by atoms with Crippen molar-refractivity contribution < 1.29 is 0 Å². The second-order valence-electron chi connectivity index (χ2n) is 3.32. The van der Waals surface area contributed by atoms with Gasteiger partial charge in [-0.3, -0.25) is 0 Å². The van der Waals surface area contributed by atoms with Crippen LogP contribution in [0.25, 0.3) is 0 Å². The second kappa shape index (κ2) is 4.49. The Bertz CT molecular complexity index is 284. The number of nitrogens with two attached hydrogens (primary N) is 1. The lowest BCUT2D eigenvalue weighted by Crippen LogP contribution is -2.10. The minimum atomic E-state index is 0.390. The van der Waals surface area contributed by atoms with Gasteiger partial charge in [0.25, 0.3) is 0 Å². The van der Waals surface area contributed by atoms with E-state index in [1.807, 2.05) is 18.2 Å². The van der Waals surface area contributed by atoms with E-state index in [-0.39, 0.29) is 0 Å². The van der Waals surface area contributed by atoms with Crippen LogP contribution in [0.3, 0.4) is 0 Å². The van der Waals surface area contributed by atoms with Crippen molar-refractivity contribution in [3.63, 3.8) is 0 Å². The first-order chi connectivity index (χ1) is 6.13. The first-order valence-corrected chi connectivity index (χ1v) is 4.76. The van der Waals surface area contributed by atoms with Crippen LogP contribution in [-0.2, 0) is 6.54 Å². The summed E-state index contributed by atoms with van der Waals surface area (Å²) in [6, 6.07) is 6.23. The summed E-state index contributed by atoms with van der Waals surface area (Å²) in [5.74, 6) is 0. The van der Waals surface area contributed by atoms with Crippen molar-refractivity contribution in [1.29, 1.82) is 0 Å². The summed E-state index contributed by atoms with van der Waals surface area (Å²) in [5.41, 5.74) is 7.51. The molecule has 0 aliphatic carbocycles. The largest absolute Gasteiger partial charge is 0.382 e. The summed E-state index contributed by atoms with van der Waals surface area (Å²) in [5, 5.41) is 3.98. The maximum Gasteiger partial charge on any atom is 0.0640 e. The van der Waals surface area contributed by atoms with Gasteiger partial charge in [-0.15, -0.1) is 0 Å². The molecule has 0 radical (unpaired) electrons. The molecule has 0 fully saturated rings. The van der Waals surface area contributed by atoms with Crippen LogP contribution in [0.1, 0.15) is 19.4 Å². The lowest BCUT2D eigenvalue weighted by molar-refractivity contribution is 0.899. The predicted molar refractivity (Wildman–Crippen MR) is 58.1 cm³/mol. The SMILES string of the molecule is CC(C)Nc1ccc(CN)cc1Cl. The third-order valence-corrected chi connectivity index (χ3v) is 2.03. The highest BCUT2D eigenvalue weighted by atomic mass is 35.5. The van der Waals surface area contributed by atoms with Crippen LogP contribution in [0.2, 0.25) is 5.02 Å².